The molecular formula is C17H26N2O. The molecule has 1 heterocycles. The molecule has 3 atom stereocenters. The molecule has 1 fully saturated rings. The zero-order valence-electron chi connectivity index (χ0n) is 12.6. The second kappa shape index (κ2) is 7.44. The number of hydrogen-bond acceptors (Lipinski definition) is 2. The lowest BCUT2D eigenvalue weighted by atomic mass is 9.91. The third-order valence-electron chi connectivity index (χ3n) is 4.09. The molecule has 3 unspecified atom stereocenters. The van der Waals surface area contributed by atoms with Crippen LogP contribution in [0.15, 0.2) is 30.3 Å². The lowest BCUT2D eigenvalue weighted by Gasteiger charge is -2.29. The van der Waals surface area contributed by atoms with Crippen molar-refractivity contribution >= 4 is 5.91 Å². The Morgan fingerprint density at radius 3 is 2.80 bits per heavy atom. The van der Waals surface area contributed by atoms with Crippen LogP contribution >= 0.6 is 0 Å². The molecule has 1 aliphatic heterocycles. The molecule has 0 radical (unpaired) electrons. The highest BCUT2D eigenvalue weighted by atomic mass is 16.1. The summed E-state index contributed by atoms with van der Waals surface area (Å²) in [6, 6.07) is 10.9. The van der Waals surface area contributed by atoms with Crippen LogP contribution in [0.3, 0.4) is 0 Å². The van der Waals surface area contributed by atoms with Crippen molar-refractivity contribution < 1.29 is 4.79 Å². The van der Waals surface area contributed by atoms with Gasteiger partial charge in [-0.15, -0.1) is 0 Å². The highest BCUT2D eigenvalue weighted by molar-refractivity contribution is 5.79. The summed E-state index contributed by atoms with van der Waals surface area (Å²) >= 11 is 0. The summed E-state index contributed by atoms with van der Waals surface area (Å²) < 4.78 is 0. The van der Waals surface area contributed by atoms with E-state index in [-0.39, 0.29) is 17.9 Å². The minimum absolute atomic E-state index is 0.152. The second-order valence-electron chi connectivity index (χ2n) is 5.84. The van der Waals surface area contributed by atoms with Crippen molar-refractivity contribution in [3.63, 3.8) is 0 Å². The van der Waals surface area contributed by atoms with E-state index < -0.39 is 0 Å². The minimum atomic E-state index is 0.152. The van der Waals surface area contributed by atoms with E-state index in [0.29, 0.717) is 6.04 Å². The first-order valence-corrected chi connectivity index (χ1v) is 7.79. The van der Waals surface area contributed by atoms with Crippen LogP contribution in [0.1, 0.15) is 51.1 Å². The normalized spacial score (nSPS) is 24.1. The molecule has 1 aliphatic rings. The van der Waals surface area contributed by atoms with Crippen molar-refractivity contribution in [3.8, 4) is 0 Å². The SMILES string of the molecule is CCCC(NC(=O)C1CCNC(C)C1)c1ccccc1. The summed E-state index contributed by atoms with van der Waals surface area (Å²) in [7, 11) is 0. The standard InChI is InChI=1S/C17H26N2O/c1-3-7-16(14-8-5-4-6-9-14)19-17(20)15-10-11-18-13(2)12-15/h4-6,8-9,13,15-16,18H,3,7,10-12H2,1-2H3,(H,19,20). The number of benzene rings is 1. The monoisotopic (exact) mass is 274 g/mol. The van der Waals surface area contributed by atoms with Gasteiger partial charge in [-0.2, -0.15) is 0 Å². The Hall–Kier alpha value is -1.35. The van der Waals surface area contributed by atoms with Gasteiger partial charge in [-0.05, 0) is 38.3 Å². The van der Waals surface area contributed by atoms with Gasteiger partial charge in [0.15, 0.2) is 0 Å². The molecule has 0 aromatic heterocycles. The summed E-state index contributed by atoms with van der Waals surface area (Å²) in [5.41, 5.74) is 1.21. The van der Waals surface area contributed by atoms with Crippen LogP contribution in [0.4, 0.5) is 0 Å². The number of carbonyl (C=O) groups excluding carboxylic acids is 1. The summed E-state index contributed by atoms with van der Waals surface area (Å²) in [5.74, 6) is 0.384. The van der Waals surface area contributed by atoms with Crippen LogP contribution in [0.2, 0.25) is 0 Å². The van der Waals surface area contributed by atoms with Gasteiger partial charge < -0.3 is 10.6 Å². The predicted octanol–water partition coefficient (Wildman–Crippen LogP) is 3.03. The van der Waals surface area contributed by atoms with Crippen LogP contribution in [-0.4, -0.2) is 18.5 Å². The van der Waals surface area contributed by atoms with E-state index in [1.807, 2.05) is 18.2 Å². The van der Waals surface area contributed by atoms with Crippen molar-refractivity contribution in [3.05, 3.63) is 35.9 Å². The van der Waals surface area contributed by atoms with Crippen LogP contribution in [0.25, 0.3) is 0 Å². The molecular weight excluding hydrogens is 248 g/mol. The molecule has 3 heteroatoms. The molecule has 1 saturated heterocycles. The van der Waals surface area contributed by atoms with E-state index in [0.717, 1.165) is 32.2 Å². The minimum Gasteiger partial charge on any atom is -0.349 e. The topological polar surface area (TPSA) is 41.1 Å². The first-order valence-electron chi connectivity index (χ1n) is 7.79. The maximum Gasteiger partial charge on any atom is 0.223 e. The van der Waals surface area contributed by atoms with Crippen LogP contribution < -0.4 is 10.6 Å². The van der Waals surface area contributed by atoms with Gasteiger partial charge in [0.25, 0.3) is 0 Å². The molecule has 0 saturated carbocycles. The van der Waals surface area contributed by atoms with Gasteiger partial charge in [-0.25, -0.2) is 0 Å². The van der Waals surface area contributed by atoms with Gasteiger partial charge >= 0.3 is 0 Å². The molecule has 110 valence electrons. The lowest BCUT2D eigenvalue weighted by molar-refractivity contribution is -0.126. The Bertz CT molecular complexity index is 418. The maximum atomic E-state index is 12.5. The summed E-state index contributed by atoms with van der Waals surface area (Å²) in [6.45, 7) is 5.26. The Balaban J connectivity index is 1.99. The molecule has 0 spiro atoms. The number of amides is 1. The number of piperidine rings is 1. The first kappa shape index (κ1) is 15.0. The van der Waals surface area contributed by atoms with E-state index in [9.17, 15) is 4.79 Å². The highest BCUT2D eigenvalue weighted by Gasteiger charge is 2.26. The van der Waals surface area contributed by atoms with Crippen LogP contribution in [0.5, 0.6) is 0 Å². The predicted molar refractivity (Wildman–Crippen MR) is 82.4 cm³/mol. The van der Waals surface area contributed by atoms with Gasteiger partial charge in [0.1, 0.15) is 0 Å². The molecule has 1 amide bonds. The zero-order valence-corrected chi connectivity index (χ0v) is 12.6. The molecule has 1 aromatic carbocycles. The van der Waals surface area contributed by atoms with E-state index in [1.54, 1.807) is 0 Å². The fraction of sp³-hybridized carbons (Fsp3) is 0.588. The second-order valence-corrected chi connectivity index (χ2v) is 5.84. The van der Waals surface area contributed by atoms with E-state index >= 15 is 0 Å². The van der Waals surface area contributed by atoms with Crippen molar-refractivity contribution in [2.75, 3.05) is 6.54 Å². The van der Waals surface area contributed by atoms with Gasteiger partial charge in [0, 0.05) is 12.0 Å². The smallest absolute Gasteiger partial charge is 0.223 e. The molecule has 0 aliphatic carbocycles. The Kier molecular flexibility index (Phi) is 5.60. The van der Waals surface area contributed by atoms with Crippen molar-refractivity contribution in [1.29, 1.82) is 0 Å². The Labute approximate surface area is 122 Å². The summed E-state index contributed by atoms with van der Waals surface area (Å²) in [5, 5.41) is 6.65. The third kappa shape index (κ3) is 4.07. The maximum absolute atomic E-state index is 12.5. The van der Waals surface area contributed by atoms with Crippen LogP contribution in [-0.2, 0) is 4.79 Å². The van der Waals surface area contributed by atoms with Gasteiger partial charge in [0.05, 0.1) is 6.04 Å². The fourth-order valence-electron chi connectivity index (χ4n) is 2.96. The molecule has 20 heavy (non-hydrogen) atoms. The third-order valence-corrected chi connectivity index (χ3v) is 4.09. The van der Waals surface area contributed by atoms with Gasteiger partial charge in [-0.3, -0.25) is 4.79 Å². The lowest BCUT2D eigenvalue weighted by Crippen LogP contribution is -2.43. The Morgan fingerprint density at radius 2 is 2.15 bits per heavy atom. The van der Waals surface area contributed by atoms with E-state index in [2.05, 4.69) is 36.6 Å². The van der Waals surface area contributed by atoms with Crippen molar-refractivity contribution in [2.45, 2.75) is 51.6 Å². The summed E-state index contributed by atoms with van der Waals surface area (Å²) in [6.07, 6.45) is 3.96. The molecule has 3 nitrogen and oxygen atoms in total. The number of rotatable bonds is 5. The quantitative estimate of drug-likeness (QED) is 0.866. The number of nitrogens with one attached hydrogen (secondary N) is 2. The van der Waals surface area contributed by atoms with E-state index in [4.69, 9.17) is 0 Å². The van der Waals surface area contributed by atoms with Crippen LogP contribution in [0, 0.1) is 5.92 Å². The average Bonchev–Trinajstić information content (AvgIpc) is 2.47. The van der Waals surface area contributed by atoms with Gasteiger partial charge in [0.2, 0.25) is 5.91 Å². The van der Waals surface area contributed by atoms with E-state index in [1.165, 1.54) is 5.56 Å². The van der Waals surface area contributed by atoms with Gasteiger partial charge in [-0.1, -0.05) is 43.7 Å². The fourth-order valence-corrected chi connectivity index (χ4v) is 2.96. The summed E-state index contributed by atoms with van der Waals surface area (Å²) in [4.78, 5) is 12.5. The largest absolute Gasteiger partial charge is 0.349 e. The highest BCUT2D eigenvalue weighted by Crippen LogP contribution is 2.21. The zero-order chi connectivity index (χ0) is 14.4. The van der Waals surface area contributed by atoms with Crippen molar-refractivity contribution in [2.24, 2.45) is 5.92 Å². The molecule has 2 N–H and O–H groups in total. The average molecular weight is 274 g/mol. The first-order chi connectivity index (χ1) is 9.70. The van der Waals surface area contributed by atoms with Crippen molar-refractivity contribution in [1.82, 2.24) is 10.6 Å². The molecule has 2 rings (SSSR count). The molecule has 1 aromatic rings. The Morgan fingerprint density at radius 1 is 1.40 bits per heavy atom. The molecule has 0 bridgehead atoms. The number of hydrogen-bond donors (Lipinski definition) is 2. The number of carbonyl (C=O) groups is 1.